The quantitative estimate of drug-likeness (QED) is 0.633. The molecule has 2 amide bonds. The minimum absolute atomic E-state index is 0.314. The Morgan fingerprint density at radius 1 is 0.931 bits per heavy atom. The number of carbonyl (C=O) groups excluding carboxylic acids is 2. The zero-order chi connectivity index (χ0) is 20.6. The van der Waals surface area contributed by atoms with Gasteiger partial charge in [-0.3, -0.25) is 9.59 Å². The van der Waals surface area contributed by atoms with Crippen LogP contribution >= 0.6 is 11.8 Å². The van der Waals surface area contributed by atoms with Gasteiger partial charge in [-0.15, -0.1) is 0 Å². The monoisotopic (exact) mass is 401 g/mol. The van der Waals surface area contributed by atoms with Gasteiger partial charge in [0.25, 0.3) is 5.91 Å². The normalized spacial score (nSPS) is 11.3. The average Bonchev–Trinajstić information content (AvgIpc) is 2.74. The van der Waals surface area contributed by atoms with Crippen molar-refractivity contribution < 1.29 is 9.59 Å². The molecule has 0 heterocycles. The minimum atomic E-state index is -0.825. The Morgan fingerprint density at radius 3 is 2.24 bits per heavy atom. The Balaban J connectivity index is 1.82. The van der Waals surface area contributed by atoms with E-state index in [1.165, 1.54) is 11.8 Å². The summed E-state index contributed by atoms with van der Waals surface area (Å²) in [7, 11) is 0. The van der Waals surface area contributed by atoms with E-state index in [9.17, 15) is 14.9 Å². The van der Waals surface area contributed by atoms with E-state index >= 15 is 0 Å². The SMILES string of the molecule is N#Cc1ccccc1Sc1ccccc1C(=O)NC(Cc1ccccc1)C(N)=O. The lowest BCUT2D eigenvalue weighted by Gasteiger charge is -2.17. The molecule has 29 heavy (non-hydrogen) atoms. The van der Waals surface area contributed by atoms with Crippen LogP contribution in [0.3, 0.4) is 0 Å². The summed E-state index contributed by atoms with van der Waals surface area (Å²) < 4.78 is 0. The number of carbonyl (C=O) groups is 2. The molecule has 144 valence electrons. The number of hydrogen-bond donors (Lipinski definition) is 2. The summed E-state index contributed by atoms with van der Waals surface area (Å²) in [4.78, 5) is 26.3. The number of nitrogens with one attached hydrogen (secondary N) is 1. The van der Waals surface area contributed by atoms with Crippen molar-refractivity contribution in [1.29, 1.82) is 5.26 Å². The molecule has 3 N–H and O–H groups in total. The Hall–Kier alpha value is -3.56. The summed E-state index contributed by atoms with van der Waals surface area (Å²) in [6, 6.07) is 25.0. The Bertz CT molecular complexity index is 1060. The standard InChI is InChI=1S/C23H19N3O2S/c24-15-17-10-4-6-12-20(17)29-21-13-7-5-11-18(21)23(28)26-19(22(25)27)14-16-8-2-1-3-9-16/h1-13,19H,14H2,(H2,25,27)(H,26,28). The van der Waals surface area contributed by atoms with Crippen LogP contribution < -0.4 is 11.1 Å². The first-order chi connectivity index (χ1) is 14.1. The van der Waals surface area contributed by atoms with Crippen LogP contribution in [0.15, 0.2) is 88.7 Å². The summed E-state index contributed by atoms with van der Waals surface area (Å²) in [5, 5.41) is 12.0. The van der Waals surface area contributed by atoms with Crippen LogP contribution in [0.25, 0.3) is 0 Å². The number of nitrogens with two attached hydrogens (primary N) is 1. The van der Waals surface area contributed by atoms with Crippen LogP contribution in [0.4, 0.5) is 0 Å². The van der Waals surface area contributed by atoms with Gasteiger partial charge in [-0.2, -0.15) is 5.26 Å². The summed E-state index contributed by atoms with van der Waals surface area (Å²) in [6.45, 7) is 0. The predicted molar refractivity (Wildman–Crippen MR) is 112 cm³/mol. The Morgan fingerprint density at radius 2 is 1.55 bits per heavy atom. The number of benzene rings is 3. The number of primary amides is 1. The maximum atomic E-state index is 12.9. The maximum absolute atomic E-state index is 12.9. The van der Waals surface area contributed by atoms with E-state index in [0.717, 1.165) is 10.5 Å². The highest BCUT2D eigenvalue weighted by molar-refractivity contribution is 7.99. The molecule has 3 rings (SSSR count). The zero-order valence-corrected chi connectivity index (χ0v) is 16.4. The third-order valence-electron chi connectivity index (χ3n) is 4.29. The van der Waals surface area contributed by atoms with Crippen molar-refractivity contribution in [1.82, 2.24) is 5.32 Å². The lowest BCUT2D eigenvalue weighted by atomic mass is 10.0. The van der Waals surface area contributed by atoms with Crippen LogP contribution in [0.5, 0.6) is 0 Å². The first-order valence-corrected chi connectivity index (χ1v) is 9.80. The second-order valence-electron chi connectivity index (χ2n) is 6.32. The topological polar surface area (TPSA) is 96.0 Å². The van der Waals surface area contributed by atoms with Gasteiger partial charge in [0.2, 0.25) is 5.91 Å². The lowest BCUT2D eigenvalue weighted by Crippen LogP contribution is -2.46. The molecule has 1 unspecified atom stereocenters. The highest BCUT2D eigenvalue weighted by atomic mass is 32.2. The van der Waals surface area contributed by atoms with Crippen LogP contribution in [-0.4, -0.2) is 17.9 Å². The molecule has 0 aliphatic rings. The minimum Gasteiger partial charge on any atom is -0.368 e. The van der Waals surface area contributed by atoms with Crippen molar-refractivity contribution in [3.05, 3.63) is 95.6 Å². The van der Waals surface area contributed by atoms with Gasteiger partial charge in [-0.25, -0.2) is 0 Å². The van der Waals surface area contributed by atoms with E-state index in [4.69, 9.17) is 5.73 Å². The largest absolute Gasteiger partial charge is 0.368 e. The molecule has 1 atom stereocenters. The Kier molecular flexibility index (Phi) is 6.67. The second kappa shape index (κ2) is 9.58. The fraction of sp³-hybridized carbons (Fsp3) is 0.0870. The van der Waals surface area contributed by atoms with Gasteiger partial charge in [-0.1, -0.05) is 66.4 Å². The molecular weight excluding hydrogens is 382 g/mol. The van der Waals surface area contributed by atoms with Crippen molar-refractivity contribution in [3.63, 3.8) is 0 Å². The third kappa shape index (κ3) is 5.24. The van der Waals surface area contributed by atoms with Crippen LogP contribution in [0.2, 0.25) is 0 Å². The first-order valence-electron chi connectivity index (χ1n) is 8.98. The van der Waals surface area contributed by atoms with Gasteiger partial charge < -0.3 is 11.1 Å². The molecule has 0 saturated carbocycles. The number of hydrogen-bond acceptors (Lipinski definition) is 4. The van der Waals surface area contributed by atoms with Crippen molar-refractivity contribution >= 4 is 23.6 Å². The highest BCUT2D eigenvalue weighted by Gasteiger charge is 2.21. The molecule has 5 nitrogen and oxygen atoms in total. The molecule has 0 saturated heterocycles. The zero-order valence-electron chi connectivity index (χ0n) is 15.5. The molecule has 6 heteroatoms. The van der Waals surface area contributed by atoms with Crippen molar-refractivity contribution in [2.45, 2.75) is 22.3 Å². The molecule has 0 bridgehead atoms. The van der Waals surface area contributed by atoms with E-state index < -0.39 is 11.9 Å². The first kappa shape index (κ1) is 20.2. The average molecular weight is 401 g/mol. The molecule has 0 aliphatic heterocycles. The number of nitriles is 1. The van der Waals surface area contributed by atoms with E-state index in [2.05, 4.69) is 11.4 Å². The van der Waals surface area contributed by atoms with Gasteiger partial charge in [-0.05, 0) is 29.8 Å². The van der Waals surface area contributed by atoms with E-state index in [0.29, 0.717) is 22.4 Å². The van der Waals surface area contributed by atoms with E-state index in [-0.39, 0.29) is 5.91 Å². The van der Waals surface area contributed by atoms with Gasteiger partial charge in [0.05, 0.1) is 11.1 Å². The Labute approximate surface area is 173 Å². The number of rotatable bonds is 7. The lowest BCUT2D eigenvalue weighted by molar-refractivity contribution is -0.119. The molecule has 0 aromatic heterocycles. The summed E-state index contributed by atoms with van der Waals surface area (Å²) >= 11 is 1.33. The van der Waals surface area contributed by atoms with Crippen molar-refractivity contribution in [2.75, 3.05) is 0 Å². The maximum Gasteiger partial charge on any atom is 0.253 e. The third-order valence-corrected chi connectivity index (χ3v) is 5.44. The van der Waals surface area contributed by atoms with Gasteiger partial charge in [0.15, 0.2) is 0 Å². The molecule has 0 fully saturated rings. The van der Waals surface area contributed by atoms with Gasteiger partial charge in [0.1, 0.15) is 12.1 Å². The van der Waals surface area contributed by atoms with E-state index in [1.54, 1.807) is 24.3 Å². The smallest absolute Gasteiger partial charge is 0.253 e. The molecule has 3 aromatic rings. The number of amides is 2. The van der Waals surface area contributed by atoms with Gasteiger partial charge >= 0.3 is 0 Å². The summed E-state index contributed by atoms with van der Waals surface area (Å²) in [5.74, 6) is -0.982. The molecule has 0 radical (unpaired) electrons. The molecule has 3 aromatic carbocycles. The van der Waals surface area contributed by atoms with E-state index in [1.807, 2.05) is 54.6 Å². The fourth-order valence-electron chi connectivity index (χ4n) is 2.82. The molecule has 0 spiro atoms. The van der Waals surface area contributed by atoms with Crippen molar-refractivity contribution in [3.8, 4) is 6.07 Å². The fourth-order valence-corrected chi connectivity index (χ4v) is 3.84. The highest BCUT2D eigenvalue weighted by Crippen LogP contribution is 2.32. The number of nitrogens with zero attached hydrogens (tertiary/aromatic N) is 1. The van der Waals surface area contributed by atoms with Crippen LogP contribution in [0.1, 0.15) is 21.5 Å². The van der Waals surface area contributed by atoms with Gasteiger partial charge in [0, 0.05) is 16.2 Å². The van der Waals surface area contributed by atoms with Crippen LogP contribution in [0, 0.1) is 11.3 Å². The summed E-state index contributed by atoms with van der Waals surface area (Å²) in [5.41, 5.74) is 7.38. The van der Waals surface area contributed by atoms with Crippen LogP contribution in [-0.2, 0) is 11.2 Å². The molecule has 0 aliphatic carbocycles. The van der Waals surface area contributed by atoms with Crippen molar-refractivity contribution in [2.24, 2.45) is 5.73 Å². The summed E-state index contributed by atoms with van der Waals surface area (Å²) in [6.07, 6.45) is 0.314. The predicted octanol–water partition coefficient (Wildman–Crippen LogP) is 3.54. The second-order valence-corrected chi connectivity index (χ2v) is 7.41. The molecular formula is C23H19N3O2S.